The summed E-state index contributed by atoms with van der Waals surface area (Å²) in [7, 11) is 0. The van der Waals surface area contributed by atoms with E-state index in [1.807, 2.05) is 0 Å². The van der Waals surface area contributed by atoms with Crippen LogP contribution in [0.3, 0.4) is 0 Å². The topological polar surface area (TPSA) is 26.0 Å². The Morgan fingerprint density at radius 3 is 2.37 bits per heavy atom. The van der Waals surface area contributed by atoms with Crippen molar-refractivity contribution in [1.82, 2.24) is 0 Å². The molecule has 2 rings (SSSR count). The highest BCUT2D eigenvalue weighted by Crippen LogP contribution is 2.24. The van der Waals surface area contributed by atoms with Gasteiger partial charge in [0.1, 0.15) is 17.5 Å². The summed E-state index contributed by atoms with van der Waals surface area (Å²) in [5, 5.41) is 0. The van der Waals surface area contributed by atoms with E-state index in [1.54, 1.807) is 12.1 Å². The van der Waals surface area contributed by atoms with Crippen molar-refractivity contribution >= 4 is 0 Å². The van der Waals surface area contributed by atoms with Gasteiger partial charge in [-0.3, -0.25) is 0 Å². The van der Waals surface area contributed by atoms with E-state index in [-0.39, 0.29) is 23.8 Å². The molecule has 0 heterocycles. The molecule has 19 heavy (non-hydrogen) atoms. The molecule has 0 bridgehead atoms. The highest BCUT2D eigenvalue weighted by molar-refractivity contribution is 5.27. The van der Waals surface area contributed by atoms with Crippen molar-refractivity contribution in [1.29, 1.82) is 0 Å². The number of hydrogen-bond donors (Lipinski definition) is 1. The van der Waals surface area contributed by atoms with E-state index in [9.17, 15) is 13.2 Å². The Balaban J connectivity index is 2.27. The Kier molecular flexibility index (Phi) is 4.22. The molecule has 0 aromatic heterocycles. The van der Waals surface area contributed by atoms with Gasteiger partial charge in [0.25, 0.3) is 0 Å². The molecular formula is C15H14F3N. The SMILES string of the molecule is NCC(Cc1cccc(F)c1)c1cc(F)ccc1F. The molecule has 4 heteroatoms. The van der Waals surface area contributed by atoms with Crippen molar-refractivity contribution in [3.63, 3.8) is 0 Å². The molecule has 0 aliphatic rings. The van der Waals surface area contributed by atoms with Crippen LogP contribution in [-0.2, 0) is 6.42 Å². The van der Waals surface area contributed by atoms with Crippen LogP contribution >= 0.6 is 0 Å². The number of nitrogens with two attached hydrogens (primary N) is 1. The predicted molar refractivity (Wildman–Crippen MR) is 68.3 cm³/mol. The maximum absolute atomic E-state index is 13.7. The minimum Gasteiger partial charge on any atom is -0.330 e. The third kappa shape index (κ3) is 3.35. The lowest BCUT2D eigenvalue weighted by atomic mass is 9.91. The molecule has 0 fully saturated rings. The van der Waals surface area contributed by atoms with Crippen LogP contribution in [-0.4, -0.2) is 6.54 Å². The van der Waals surface area contributed by atoms with Gasteiger partial charge in [-0.25, -0.2) is 13.2 Å². The highest BCUT2D eigenvalue weighted by atomic mass is 19.1. The largest absolute Gasteiger partial charge is 0.330 e. The molecule has 2 aromatic carbocycles. The average Bonchev–Trinajstić information content (AvgIpc) is 2.39. The van der Waals surface area contributed by atoms with Crippen LogP contribution in [0.25, 0.3) is 0 Å². The van der Waals surface area contributed by atoms with Crippen molar-refractivity contribution in [2.24, 2.45) is 5.73 Å². The second-order valence-electron chi connectivity index (χ2n) is 4.43. The van der Waals surface area contributed by atoms with Crippen LogP contribution in [0.4, 0.5) is 13.2 Å². The van der Waals surface area contributed by atoms with Crippen LogP contribution < -0.4 is 5.73 Å². The summed E-state index contributed by atoms with van der Waals surface area (Å²) in [6.45, 7) is 0.164. The summed E-state index contributed by atoms with van der Waals surface area (Å²) in [6, 6.07) is 9.33. The van der Waals surface area contributed by atoms with Crippen LogP contribution in [0.1, 0.15) is 17.0 Å². The summed E-state index contributed by atoms with van der Waals surface area (Å²) in [6.07, 6.45) is 0.370. The molecule has 2 aromatic rings. The maximum Gasteiger partial charge on any atom is 0.126 e. The van der Waals surface area contributed by atoms with Crippen LogP contribution in [0.15, 0.2) is 42.5 Å². The van der Waals surface area contributed by atoms with Gasteiger partial charge < -0.3 is 5.73 Å². The third-order valence-electron chi connectivity index (χ3n) is 3.05. The smallest absolute Gasteiger partial charge is 0.126 e. The van der Waals surface area contributed by atoms with Crippen LogP contribution in [0.5, 0.6) is 0 Å². The molecule has 0 saturated carbocycles. The number of rotatable bonds is 4. The number of halogens is 3. The van der Waals surface area contributed by atoms with Crippen molar-refractivity contribution in [2.75, 3.05) is 6.54 Å². The first-order valence-corrected chi connectivity index (χ1v) is 5.99. The van der Waals surface area contributed by atoms with Crippen LogP contribution in [0, 0.1) is 17.5 Å². The standard InChI is InChI=1S/C15H14F3N/c16-12-3-1-2-10(7-12)6-11(9-19)14-8-13(17)4-5-15(14)18/h1-5,7-8,11H,6,9,19H2. The highest BCUT2D eigenvalue weighted by Gasteiger charge is 2.16. The zero-order valence-corrected chi connectivity index (χ0v) is 10.2. The Labute approximate surface area is 109 Å². The Hall–Kier alpha value is -1.81. The summed E-state index contributed by atoms with van der Waals surface area (Å²) < 4.78 is 40.0. The lowest BCUT2D eigenvalue weighted by Gasteiger charge is -2.16. The predicted octanol–water partition coefficient (Wildman–Crippen LogP) is 3.39. The minimum atomic E-state index is -0.505. The first-order chi connectivity index (χ1) is 9.10. The van der Waals surface area contributed by atoms with Gasteiger partial charge in [-0.2, -0.15) is 0 Å². The zero-order chi connectivity index (χ0) is 13.8. The van der Waals surface area contributed by atoms with Crippen molar-refractivity contribution in [3.05, 3.63) is 71.0 Å². The van der Waals surface area contributed by atoms with E-state index < -0.39 is 11.6 Å². The molecule has 0 radical (unpaired) electrons. The normalized spacial score (nSPS) is 12.4. The van der Waals surface area contributed by atoms with Gasteiger partial charge in [-0.1, -0.05) is 12.1 Å². The van der Waals surface area contributed by atoms with Crippen molar-refractivity contribution in [3.8, 4) is 0 Å². The second kappa shape index (κ2) is 5.89. The Bertz CT molecular complexity index is 569. The first-order valence-electron chi connectivity index (χ1n) is 5.99. The lowest BCUT2D eigenvalue weighted by Crippen LogP contribution is -2.16. The zero-order valence-electron chi connectivity index (χ0n) is 10.2. The molecule has 0 spiro atoms. The minimum absolute atomic E-state index is 0.164. The lowest BCUT2D eigenvalue weighted by molar-refractivity contribution is 0.556. The third-order valence-corrected chi connectivity index (χ3v) is 3.05. The fraction of sp³-hybridized carbons (Fsp3) is 0.200. The van der Waals surface area contributed by atoms with Gasteiger partial charge in [-0.05, 0) is 54.4 Å². The van der Waals surface area contributed by atoms with E-state index in [4.69, 9.17) is 5.73 Å². The molecule has 1 atom stereocenters. The monoisotopic (exact) mass is 265 g/mol. The van der Waals surface area contributed by atoms with E-state index in [1.165, 1.54) is 12.1 Å². The molecule has 2 N–H and O–H groups in total. The fourth-order valence-corrected chi connectivity index (χ4v) is 2.10. The Morgan fingerprint density at radius 1 is 0.947 bits per heavy atom. The summed E-state index contributed by atoms with van der Waals surface area (Å²) in [4.78, 5) is 0. The van der Waals surface area contributed by atoms with Gasteiger partial charge in [0.15, 0.2) is 0 Å². The van der Waals surface area contributed by atoms with E-state index in [0.717, 1.165) is 18.2 Å². The Morgan fingerprint density at radius 2 is 1.68 bits per heavy atom. The maximum atomic E-state index is 13.7. The summed E-state index contributed by atoms with van der Waals surface area (Å²) >= 11 is 0. The van der Waals surface area contributed by atoms with Gasteiger partial charge in [0.2, 0.25) is 0 Å². The summed E-state index contributed by atoms with van der Waals surface area (Å²) in [5.41, 5.74) is 6.56. The first kappa shape index (κ1) is 13.6. The molecule has 1 unspecified atom stereocenters. The van der Waals surface area contributed by atoms with Gasteiger partial charge >= 0.3 is 0 Å². The van der Waals surface area contributed by atoms with Crippen molar-refractivity contribution < 1.29 is 13.2 Å². The molecule has 1 nitrogen and oxygen atoms in total. The quantitative estimate of drug-likeness (QED) is 0.901. The van der Waals surface area contributed by atoms with Gasteiger partial charge in [-0.15, -0.1) is 0 Å². The van der Waals surface area contributed by atoms with E-state index >= 15 is 0 Å². The van der Waals surface area contributed by atoms with Gasteiger partial charge in [0, 0.05) is 5.92 Å². The van der Waals surface area contributed by atoms with E-state index in [2.05, 4.69) is 0 Å². The average molecular weight is 265 g/mol. The molecule has 0 aliphatic carbocycles. The fourth-order valence-electron chi connectivity index (χ4n) is 2.10. The number of hydrogen-bond acceptors (Lipinski definition) is 1. The molecule has 100 valence electrons. The number of benzene rings is 2. The van der Waals surface area contributed by atoms with Gasteiger partial charge in [0.05, 0.1) is 0 Å². The molecular weight excluding hydrogens is 251 g/mol. The van der Waals surface area contributed by atoms with Crippen molar-refractivity contribution in [2.45, 2.75) is 12.3 Å². The molecule has 0 amide bonds. The van der Waals surface area contributed by atoms with E-state index in [0.29, 0.717) is 12.0 Å². The summed E-state index contributed by atoms with van der Waals surface area (Å²) in [5.74, 6) is -1.73. The second-order valence-corrected chi connectivity index (χ2v) is 4.43. The molecule has 0 saturated heterocycles. The molecule has 0 aliphatic heterocycles. The van der Waals surface area contributed by atoms with Crippen LogP contribution in [0.2, 0.25) is 0 Å².